The van der Waals surface area contributed by atoms with Crippen molar-refractivity contribution in [2.45, 2.75) is 96.2 Å². The molecule has 148 valence electrons. The molecule has 0 N–H and O–H groups in total. The minimum atomic E-state index is -2.00. The van der Waals surface area contributed by atoms with Crippen LogP contribution in [0.25, 0.3) is 0 Å². The average molecular weight is 461 g/mol. The number of rotatable bonds is 16. The summed E-state index contributed by atoms with van der Waals surface area (Å²) in [5.74, 6) is 0. The molecule has 0 aliphatic carbocycles. The molecule has 1 rings (SSSR count). The van der Waals surface area contributed by atoms with E-state index < -0.39 is 18.4 Å². The molecule has 0 saturated carbocycles. The molecule has 1 fully saturated rings. The van der Waals surface area contributed by atoms with E-state index in [1.807, 2.05) is 6.26 Å². The molecule has 1 aliphatic rings. The molecule has 0 bridgehead atoms. The Hall–Kier alpha value is 0.259. The average Bonchev–Trinajstić information content (AvgIpc) is 3.15. The number of hydrogen-bond acceptors (Lipinski definition) is 3. The molecule has 0 amide bonds. The second-order valence-electron chi connectivity index (χ2n) is 7.57. The van der Waals surface area contributed by atoms with Crippen molar-refractivity contribution in [2.75, 3.05) is 19.8 Å². The van der Waals surface area contributed by atoms with Gasteiger partial charge in [0.1, 0.15) is 0 Å². The molecule has 0 aromatic rings. The Morgan fingerprint density at radius 1 is 0.880 bits per heavy atom. The Kier molecular flexibility index (Phi) is 14.3. The second-order valence-corrected chi connectivity index (χ2v) is 21.6. The van der Waals surface area contributed by atoms with E-state index in [4.69, 9.17) is 14.2 Å². The number of unbranched alkanes of at least 4 members (excludes halogenated alkanes) is 3. The molecule has 0 unspecified atom stereocenters. The zero-order valence-electron chi connectivity index (χ0n) is 17.1. The third-order valence-electron chi connectivity index (χ3n) is 5.32. The van der Waals surface area contributed by atoms with Crippen molar-refractivity contribution < 1.29 is 14.2 Å². The van der Waals surface area contributed by atoms with Gasteiger partial charge in [0.15, 0.2) is 0 Å². The van der Waals surface area contributed by atoms with Gasteiger partial charge in [0.05, 0.1) is 0 Å². The van der Waals surface area contributed by atoms with E-state index in [1.54, 1.807) is 13.3 Å². The van der Waals surface area contributed by atoms with Crippen LogP contribution in [0, 0.1) is 0 Å². The Bertz CT molecular complexity index is 305. The van der Waals surface area contributed by atoms with E-state index in [9.17, 15) is 0 Å². The van der Waals surface area contributed by atoms with Gasteiger partial charge in [0.2, 0.25) is 0 Å². The van der Waals surface area contributed by atoms with E-state index in [2.05, 4.69) is 26.8 Å². The fourth-order valence-electron chi connectivity index (χ4n) is 3.68. The second kappa shape index (κ2) is 15.3. The standard InChI is InChI=1S/C9H15O3.3C4H9.Sn/c1-2-5-10-6-3-4-9-11-7-8-12-9;3*1-3-4-2;/h2,5,9H,1,3-4,6-8H2;3*1,3-4H2,2H3;/b5-2+;;;;. The summed E-state index contributed by atoms with van der Waals surface area (Å²) in [7, 11) is 0. The third kappa shape index (κ3) is 10.9. The predicted molar refractivity (Wildman–Crippen MR) is 110 cm³/mol. The van der Waals surface area contributed by atoms with Crippen molar-refractivity contribution in [1.29, 1.82) is 0 Å². The van der Waals surface area contributed by atoms with E-state index in [0.717, 1.165) is 32.7 Å². The Morgan fingerprint density at radius 2 is 1.44 bits per heavy atom. The molecule has 3 nitrogen and oxygen atoms in total. The van der Waals surface area contributed by atoms with Gasteiger partial charge in [-0.1, -0.05) is 0 Å². The first-order valence-corrected chi connectivity index (χ1v) is 18.8. The van der Waals surface area contributed by atoms with E-state index in [-0.39, 0.29) is 6.29 Å². The first kappa shape index (κ1) is 23.3. The minimum absolute atomic E-state index is 0.00793. The summed E-state index contributed by atoms with van der Waals surface area (Å²) in [5.41, 5.74) is 0. The van der Waals surface area contributed by atoms with Crippen molar-refractivity contribution in [1.82, 2.24) is 0 Å². The SMILES string of the molecule is CCC[CH2][Sn]([CH2]/C=C/OCCCC1OCCO1)([CH2]CCC)[CH2]CCC. The molecule has 0 aromatic heterocycles. The maximum absolute atomic E-state index is 5.74. The molecule has 1 aliphatic heterocycles. The van der Waals surface area contributed by atoms with Crippen molar-refractivity contribution in [3.05, 3.63) is 12.3 Å². The molecule has 25 heavy (non-hydrogen) atoms. The first-order chi connectivity index (χ1) is 12.3. The summed E-state index contributed by atoms with van der Waals surface area (Å²) in [4.78, 5) is 0. The van der Waals surface area contributed by atoms with Crippen molar-refractivity contribution >= 4 is 18.4 Å². The summed E-state index contributed by atoms with van der Waals surface area (Å²) in [5, 5.41) is 0. The summed E-state index contributed by atoms with van der Waals surface area (Å²) in [6.45, 7) is 9.29. The van der Waals surface area contributed by atoms with Gasteiger partial charge in [-0.15, -0.1) is 0 Å². The van der Waals surface area contributed by atoms with Crippen LogP contribution >= 0.6 is 0 Å². The Balaban J connectivity index is 2.33. The molecule has 0 spiro atoms. The summed E-state index contributed by atoms with van der Waals surface area (Å²) in [6.07, 6.45) is 14.7. The van der Waals surface area contributed by atoms with Crippen LogP contribution in [0.4, 0.5) is 0 Å². The quantitative estimate of drug-likeness (QED) is 0.149. The van der Waals surface area contributed by atoms with E-state index >= 15 is 0 Å². The fourth-order valence-corrected chi connectivity index (χ4v) is 18.7. The summed E-state index contributed by atoms with van der Waals surface area (Å²) < 4.78 is 22.7. The Labute approximate surface area is 160 Å². The van der Waals surface area contributed by atoms with Crippen molar-refractivity contribution in [2.24, 2.45) is 0 Å². The van der Waals surface area contributed by atoms with Gasteiger partial charge in [-0.05, 0) is 0 Å². The first-order valence-electron chi connectivity index (χ1n) is 10.8. The topological polar surface area (TPSA) is 27.7 Å². The maximum atomic E-state index is 5.74. The molecule has 0 radical (unpaired) electrons. The fraction of sp³-hybridized carbons (Fsp3) is 0.905. The monoisotopic (exact) mass is 462 g/mol. The van der Waals surface area contributed by atoms with Crippen LogP contribution in [0.5, 0.6) is 0 Å². The summed E-state index contributed by atoms with van der Waals surface area (Å²) in [6, 6.07) is 0. The van der Waals surface area contributed by atoms with Gasteiger partial charge in [0, 0.05) is 0 Å². The molecular weight excluding hydrogens is 419 g/mol. The number of allylic oxidation sites excluding steroid dienone is 1. The van der Waals surface area contributed by atoms with Crippen LogP contribution in [0.15, 0.2) is 12.3 Å². The van der Waals surface area contributed by atoms with Gasteiger partial charge in [-0.3, -0.25) is 0 Å². The van der Waals surface area contributed by atoms with Gasteiger partial charge in [-0.2, -0.15) is 0 Å². The van der Waals surface area contributed by atoms with Gasteiger partial charge >= 0.3 is 161 Å². The molecule has 1 heterocycles. The van der Waals surface area contributed by atoms with Crippen LogP contribution < -0.4 is 0 Å². The number of ether oxygens (including phenoxy) is 3. The van der Waals surface area contributed by atoms with Crippen LogP contribution in [-0.2, 0) is 14.2 Å². The molecule has 4 heteroatoms. The van der Waals surface area contributed by atoms with Crippen molar-refractivity contribution in [3.8, 4) is 0 Å². The van der Waals surface area contributed by atoms with Crippen LogP contribution in [-0.4, -0.2) is 44.5 Å². The van der Waals surface area contributed by atoms with Gasteiger partial charge < -0.3 is 0 Å². The third-order valence-corrected chi connectivity index (χ3v) is 20.6. The molecule has 0 aromatic carbocycles. The molecular formula is C21H42O3Sn. The molecule has 0 atom stereocenters. The van der Waals surface area contributed by atoms with Crippen LogP contribution in [0.3, 0.4) is 0 Å². The van der Waals surface area contributed by atoms with Gasteiger partial charge in [-0.25, -0.2) is 0 Å². The van der Waals surface area contributed by atoms with Crippen molar-refractivity contribution in [3.63, 3.8) is 0 Å². The zero-order chi connectivity index (χ0) is 18.2. The summed E-state index contributed by atoms with van der Waals surface area (Å²) >= 11 is -2.00. The van der Waals surface area contributed by atoms with Gasteiger partial charge in [0.25, 0.3) is 0 Å². The Morgan fingerprint density at radius 3 is 1.96 bits per heavy atom. The predicted octanol–water partition coefficient (Wildman–Crippen LogP) is 6.52. The number of hydrogen-bond donors (Lipinski definition) is 0. The van der Waals surface area contributed by atoms with Crippen LogP contribution in [0.1, 0.15) is 72.1 Å². The normalized spacial score (nSPS) is 16.1. The van der Waals surface area contributed by atoms with E-state index in [0.29, 0.717) is 0 Å². The molecule has 1 saturated heterocycles. The van der Waals surface area contributed by atoms with E-state index in [1.165, 1.54) is 43.0 Å². The zero-order valence-corrected chi connectivity index (χ0v) is 19.9. The van der Waals surface area contributed by atoms with Crippen LogP contribution in [0.2, 0.25) is 17.7 Å².